The van der Waals surface area contributed by atoms with E-state index in [2.05, 4.69) is 4.72 Å². The van der Waals surface area contributed by atoms with Gasteiger partial charge < -0.3 is 9.47 Å². The van der Waals surface area contributed by atoms with E-state index in [9.17, 15) is 18.0 Å². The molecule has 0 unspecified atom stereocenters. The molecule has 2 aromatic rings. The maximum Gasteiger partial charge on any atom is 0.347 e. The van der Waals surface area contributed by atoms with E-state index in [0.717, 1.165) is 6.26 Å². The minimum Gasteiger partial charge on any atom is -0.479 e. The summed E-state index contributed by atoms with van der Waals surface area (Å²) in [6.07, 6.45) is -0.844. The van der Waals surface area contributed by atoms with E-state index < -0.39 is 34.0 Å². The highest BCUT2D eigenvalue weighted by Crippen LogP contribution is 2.15. The van der Waals surface area contributed by atoms with Crippen molar-refractivity contribution in [1.29, 1.82) is 0 Å². The van der Waals surface area contributed by atoms with Crippen LogP contribution in [0.1, 0.15) is 24.2 Å². The maximum absolute atomic E-state index is 12.4. The van der Waals surface area contributed by atoms with Gasteiger partial charge in [0.2, 0.25) is 15.8 Å². The van der Waals surface area contributed by atoms with Gasteiger partial charge in [-0.25, -0.2) is 13.2 Å². The zero-order valence-electron chi connectivity index (χ0n) is 15.2. The fourth-order valence-corrected chi connectivity index (χ4v) is 2.79. The lowest BCUT2D eigenvalue weighted by Gasteiger charge is -2.17. The maximum atomic E-state index is 12.4. The van der Waals surface area contributed by atoms with Gasteiger partial charge in [-0.1, -0.05) is 18.2 Å². The van der Waals surface area contributed by atoms with Crippen LogP contribution in [0.25, 0.3) is 0 Å². The molecule has 2 rings (SSSR count). The summed E-state index contributed by atoms with van der Waals surface area (Å²) in [4.78, 5) is 24.5. The molecule has 0 aliphatic heterocycles. The van der Waals surface area contributed by atoms with Crippen LogP contribution in [0.4, 0.5) is 5.69 Å². The summed E-state index contributed by atoms with van der Waals surface area (Å²) in [6.45, 7) is 3.01. The summed E-state index contributed by atoms with van der Waals surface area (Å²) in [5, 5.41) is 0. The van der Waals surface area contributed by atoms with Crippen molar-refractivity contribution in [2.75, 3.05) is 11.0 Å². The minimum atomic E-state index is -3.40. The smallest absolute Gasteiger partial charge is 0.347 e. The van der Waals surface area contributed by atoms with E-state index in [-0.39, 0.29) is 0 Å². The van der Waals surface area contributed by atoms with Crippen LogP contribution in [-0.4, -0.2) is 38.6 Å². The number of hydrogen-bond acceptors (Lipinski definition) is 6. The monoisotopic (exact) mass is 391 g/mol. The third kappa shape index (κ3) is 6.41. The van der Waals surface area contributed by atoms with Gasteiger partial charge in [0.1, 0.15) is 5.75 Å². The molecule has 0 aromatic heterocycles. The van der Waals surface area contributed by atoms with Crippen molar-refractivity contribution in [2.24, 2.45) is 0 Å². The molecule has 8 heteroatoms. The first-order chi connectivity index (χ1) is 12.7. The molecular weight excluding hydrogens is 370 g/mol. The van der Waals surface area contributed by atoms with E-state index in [1.165, 1.54) is 38.1 Å². The molecule has 0 aliphatic rings. The number of carbonyl (C=O) groups excluding carboxylic acids is 2. The predicted molar refractivity (Wildman–Crippen MR) is 101 cm³/mol. The molecule has 0 radical (unpaired) electrons. The number of rotatable bonds is 8. The molecule has 0 bridgehead atoms. The fourth-order valence-electron chi connectivity index (χ4n) is 2.23. The summed E-state index contributed by atoms with van der Waals surface area (Å²) in [7, 11) is -3.40. The summed E-state index contributed by atoms with van der Waals surface area (Å²) in [5.74, 6) is -0.536. The molecule has 7 nitrogen and oxygen atoms in total. The van der Waals surface area contributed by atoms with Crippen molar-refractivity contribution >= 4 is 27.5 Å². The standard InChI is InChI=1S/C19H21NO6S/c1-13(26-19(22)14(2)25-17-7-5-4-6-8-17)18(21)15-9-11-16(12-10-15)20-27(3,23)24/h4-14,20H,1-3H3/t13-,14+/m1/s1. The third-order valence-corrected chi connectivity index (χ3v) is 4.13. The van der Waals surface area contributed by atoms with Crippen molar-refractivity contribution < 1.29 is 27.5 Å². The van der Waals surface area contributed by atoms with Crippen LogP contribution in [0.3, 0.4) is 0 Å². The van der Waals surface area contributed by atoms with Gasteiger partial charge in [-0.15, -0.1) is 0 Å². The number of nitrogens with one attached hydrogen (secondary N) is 1. The summed E-state index contributed by atoms with van der Waals surface area (Å²) in [6, 6.07) is 14.7. The second kappa shape index (κ2) is 8.68. The van der Waals surface area contributed by atoms with Gasteiger partial charge in [0.25, 0.3) is 0 Å². The van der Waals surface area contributed by atoms with Crippen LogP contribution in [-0.2, 0) is 19.6 Å². The predicted octanol–water partition coefficient (Wildman–Crippen LogP) is 2.64. The largest absolute Gasteiger partial charge is 0.479 e. The zero-order chi connectivity index (χ0) is 20.0. The number of sulfonamides is 1. The van der Waals surface area contributed by atoms with E-state index in [1.807, 2.05) is 6.07 Å². The Morgan fingerprint density at radius 1 is 0.926 bits per heavy atom. The van der Waals surface area contributed by atoms with Gasteiger partial charge in [0, 0.05) is 11.3 Å². The number of Topliss-reactive ketones (excluding diaryl/α,β-unsaturated/α-hetero) is 1. The van der Waals surface area contributed by atoms with Crippen LogP contribution in [0.5, 0.6) is 5.75 Å². The molecule has 27 heavy (non-hydrogen) atoms. The normalized spacial score (nSPS) is 13.3. The number of benzene rings is 2. The van der Waals surface area contributed by atoms with Crippen molar-refractivity contribution in [1.82, 2.24) is 0 Å². The number of ketones is 1. The number of ether oxygens (including phenoxy) is 2. The van der Waals surface area contributed by atoms with Crippen molar-refractivity contribution in [2.45, 2.75) is 26.1 Å². The van der Waals surface area contributed by atoms with Crippen LogP contribution in [0.2, 0.25) is 0 Å². The summed E-state index contributed by atoms with van der Waals surface area (Å²) in [5.41, 5.74) is 0.634. The molecule has 144 valence electrons. The highest BCUT2D eigenvalue weighted by molar-refractivity contribution is 7.92. The first-order valence-corrected chi connectivity index (χ1v) is 10.1. The molecule has 0 fully saturated rings. The van der Waals surface area contributed by atoms with Crippen LogP contribution >= 0.6 is 0 Å². The third-order valence-electron chi connectivity index (χ3n) is 3.52. The Kier molecular flexibility index (Phi) is 6.57. The second-order valence-electron chi connectivity index (χ2n) is 5.97. The van der Waals surface area contributed by atoms with Crippen molar-refractivity contribution in [3.63, 3.8) is 0 Å². The summed E-state index contributed by atoms with van der Waals surface area (Å²) >= 11 is 0. The van der Waals surface area contributed by atoms with Crippen LogP contribution in [0.15, 0.2) is 54.6 Å². The molecule has 0 amide bonds. The van der Waals surface area contributed by atoms with Crippen LogP contribution in [0, 0.1) is 0 Å². The molecule has 1 N–H and O–H groups in total. The van der Waals surface area contributed by atoms with Crippen LogP contribution < -0.4 is 9.46 Å². The minimum absolute atomic E-state index is 0.297. The molecular formula is C19H21NO6S. The topological polar surface area (TPSA) is 98.8 Å². The van der Waals surface area contributed by atoms with E-state index >= 15 is 0 Å². The molecule has 2 aromatic carbocycles. The Balaban J connectivity index is 1.95. The zero-order valence-corrected chi connectivity index (χ0v) is 16.0. The molecule has 0 spiro atoms. The Morgan fingerprint density at radius 3 is 2.07 bits per heavy atom. The molecule has 0 saturated carbocycles. The molecule has 0 heterocycles. The van der Waals surface area contributed by atoms with Crippen molar-refractivity contribution in [3.05, 3.63) is 60.2 Å². The Bertz CT molecular complexity index is 894. The Morgan fingerprint density at radius 2 is 1.52 bits per heavy atom. The lowest BCUT2D eigenvalue weighted by molar-refractivity contribution is -0.153. The SMILES string of the molecule is C[C@H](Oc1ccccc1)C(=O)O[C@H](C)C(=O)c1ccc(NS(C)(=O)=O)cc1. The molecule has 0 saturated heterocycles. The molecule has 0 aliphatic carbocycles. The number of anilines is 1. The average molecular weight is 391 g/mol. The number of esters is 1. The second-order valence-corrected chi connectivity index (χ2v) is 7.72. The Hall–Kier alpha value is -2.87. The average Bonchev–Trinajstić information content (AvgIpc) is 2.61. The highest BCUT2D eigenvalue weighted by atomic mass is 32.2. The van der Waals surface area contributed by atoms with Gasteiger partial charge in [-0.2, -0.15) is 0 Å². The lowest BCUT2D eigenvalue weighted by atomic mass is 10.1. The van der Waals surface area contributed by atoms with E-state index in [4.69, 9.17) is 9.47 Å². The summed E-state index contributed by atoms with van der Waals surface area (Å²) < 4.78 is 35.4. The number of hydrogen-bond donors (Lipinski definition) is 1. The van der Waals surface area contributed by atoms with E-state index in [1.54, 1.807) is 24.3 Å². The number of para-hydroxylation sites is 1. The van der Waals surface area contributed by atoms with Gasteiger partial charge in [0.15, 0.2) is 12.2 Å². The first kappa shape index (κ1) is 20.4. The quantitative estimate of drug-likeness (QED) is 0.549. The van der Waals surface area contributed by atoms with Gasteiger partial charge in [-0.3, -0.25) is 9.52 Å². The van der Waals surface area contributed by atoms with Gasteiger partial charge in [0.05, 0.1) is 6.26 Å². The lowest BCUT2D eigenvalue weighted by Crippen LogP contribution is -2.32. The number of carbonyl (C=O) groups is 2. The van der Waals surface area contributed by atoms with Gasteiger partial charge in [-0.05, 0) is 50.2 Å². The van der Waals surface area contributed by atoms with Gasteiger partial charge >= 0.3 is 5.97 Å². The fraction of sp³-hybridized carbons (Fsp3) is 0.263. The highest BCUT2D eigenvalue weighted by Gasteiger charge is 2.24. The van der Waals surface area contributed by atoms with Crippen molar-refractivity contribution in [3.8, 4) is 5.75 Å². The Labute approximate surface area is 158 Å². The first-order valence-electron chi connectivity index (χ1n) is 8.20. The van der Waals surface area contributed by atoms with E-state index in [0.29, 0.717) is 17.0 Å². The molecule has 2 atom stereocenters.